The predicted molar refractivity (Wildman–Crippen MR) is 253 cm³/mol. The van der Waals surface area contributed by atoms with Crippen molar-refractivity contribution in [1.29, 1.82) is 0 Å². The number of aryl methyl sites for hydroxylation is 2. The summed E-state index contributed by atoms with van der Waals surface area (Å²) in [6, 6.07) is 6.10. The van der Waals surface area contributed by atoms with E-state index in [1.165, 1.54) is 77.5 Å². The molecule has 0 fully saturated rings. The summed E-state index contributed by atoms with van der Waals surface area (Å²) in [4.78, 5) is 10.9. The van der Waals surface area contributed by atoms with Crippen LogP contribution in [-0.2, 0) is 4.79 Å². The standard InChI is InChI=1S/C40H56.C15H22O3/c1-31(19-13-21-33(3)25-27-37-35(5)23-15-29-39(37,7)8)17-11-12-18-32(2)20-14-22-34(4)26-28-38-36(6)24-16-30-40(38,9)10;1-11-6-7-12(2)13(10-11)18-9-5-8-15(3,4)14(16)17/h11-14,17-22,25-28H,15-16,23-24,29-30H2,1-10H3;6-7,10H,5,8-9H2,1-4H3,(H,16,17)/b12-11+,19-13+,20-14+,27-25+,28-26+,31-17+,32-18+,33-21+,34-22+;. The van der Waals surface area contributed by atoms with Gasteiger partial charge in [-0.3, -0.25) is 4.79 Å². The summed E-state index contributed by atoms with van der Waals surface area (Å²) in [5.41, 5.74) is 13.3. The Bertz CT molecular complexity index is 1780. The molecule has 1 aromatic carbocycles. The quantitative estimate of drug-likeness (QED) is 0.134. The van der Waals surface area contributed by atoms with E-state index in [1.807, 2.05) is 26.0 Å². The first-order chi connectivity index (χ1) is 27.1. The Morgan fingerprint density at radius 2 is 1.12 bits per heavy atom. The van der Waals surface area contributed by atoms with Gasteiger partial charge in [0.1, 0.15) is 5.75 Å². The maximum atomic E-state index is 10.9. The van der Waals surface area contributed by atoms with Crippen LogP contribution in [-0.4, -0.2) is 17.7 Å². The first kappa shape index (κ1) is 49.8. The van der Waals surface area contributed by atoms with Crippen LogP contribution in [0.15, 0.2) is 148 Å². The van der Waals surface area contributed by atoms with Gasteiger partial charge in [-0.2, -0.15) is 0 Å². The van der Waals surface area contributed by atoms with Gasteiger partial charge in [0.2, 0.25) is 0 Å². The second kappa shape index (κ2) is 23.9. The van der Waals surface area contributed by atoms with Crippen molar-refractivity contribution >= 4 is 5.97 Å². The van der Waals surface area contributed by atoms with Crippen LogP contribution in [0, 0.1) is 30.1 Å². The van der Waals surface area contributed by atoms with E-state index < -0.39 is 11.4 Å². The number of aliphatic carboxylic acids is 1. The minimum absolute atomic E-state index is 0.291. The van der Waals surface area contributed by atoms with Gasteiger partial charge in [0, 0.05) is 0 Å². The lowest BCUT2D eigenvalue weighted by atomic mass is 9.72. The lowest BCUT2D eigenvalue weighted by Gasteiger charge is -2.33. The second-order valence-corrected chi connectivity index (χ2v) is 18.7. The van der Waals surface area contributed by atoms with E-state index in [4.69, 9.17) is 9.84 Å². The average molecular weight is 787 g/mol. The van der Waals surface area contributed by atoms with E-state index in [2.05, 4.69) is 160 Å². The number of hydrogen-bond acceptors (Lipinski definition) is 2. The summed E-state index contributed by atoms with van der Waals surface area (Å²) in [7, 11) is 0. The number of rotatable bonds is 16. The third-order valence-electron chi connectivity index (χ3n) is 11.5. The largest absolute Gasteiger partial charge is 0.493 e. The van der Waals surface area contributed by atoms with Crippen molar-refractivity contribution in [2.75, 3.05) is 6.61 Å². The molecule has 58 heavy (non-hydrogen) atoms. The van der Waals surface area contributed by atoms with Crippen molar-refractivity contribution in [3.05, 3.63) is 159 Å². The van der Waals surface area contributed by atoms with Gasteiger partial charge in [0.05, 0.1) is 12.0 Å². The Morgan fingerprint density at radius 3 is 1.55 bits per heavy atom. The lowest BCUT2D eigenvalue weighted by molar-refractivity contribution is -0.147. The van der Waals surface area contributed by atoms with Gasteiger partial charge < -0.3 is 9.84 Å². The minimum atomic E-state index is -0.755. The van der Waals surface area contributed by atoms with Crippen LogP contribution in [0.5, 0.6) is 5.75 Å². The van der Waals surface area contributed by atoms with Gasteiger partial charge in [-0.25, -0.2) is 0 Å². The molecule has 0 spiro atoms. The van der Waals surface area contributed by atoms with Crippen molar-refractivity contribution in [3.8, 4) is 5.75 Å². The molecular formula is C55H78O3. The fourth-order valence-corrected chi connectivity index (χ4v) is 7.46. The van der Waals surface area contributed by atoms with Crippen LogP contribution in [0.3, 0.4) is 0 Å². The molecule has 3 heteroatoms. The van der Waals surface area contributed by atoms with Gasteiger partial charge in [0.15, 0.2) is 0 Å². The van der Waals surface area contributed by atoms with E-state index in [9.17, 15) is 4.79 Å². The molecule has 0 saturated carbocycles. The van der Waals surface area contributed by atoms with Crippen molar-refractivity contribution in [2.24, 2.45) is 16.2 Å². The van der Waals surface area contributed by atoms with Gasteiger partial charge in [-0.1, -0.05) is 158 Å². The Kier molecular flexibility index (Phi) is 20.5. The van der Waals surface area contributed by atoms with Crippen molar-refractivity contribution in [2.45, 2.75) is 148 Å². The molecule has 0 aliphatic heterocycles. The first-order valence-electron chi connectivity index (χ1n) is 21.6. The van der Waals surface area contributed by atoms with Crippen LogP contribution in [0.25, 0.3) is 0 Å². The zero-order chi connectivity index (χ0) is 43.5. The number of hydrogen-bond donors (Lipinski definition) is 1. The van der Waals surface area contributed by atoms with E-state index in [0.29, 0.717) is 23.9 Å². The average Bonchev–Trinajstić information content (AvgIpc) is 3.12. The monoisotopic (exact) mass is 787 g/mol. The summed E-state index contributed by atoms with van der Waals surface area (Å²) >= 11 is 0. The third kappa shape index (κ3) is 18.0. The molecule has 0 unspecified atom stereocenters. The maximum absolute atomic E-state index is 10.9. The molecule has 0 bridgehead atoms. The maximum Gasteiger partial charge on any atom is 0.309 e. The fraction of sp³-hybridized carbons (Fsp3) is 0.473. The molecule has 0 saturated heterocycles. The van der Waals surface area contributed by atoms with Crippen LogP contribution >= 0.6 is 0 Å². The molecule has 0 radical (unpaired) electrons. The zero-order valence-corrected chi connectivity index (χ0v) is 38.9. The molecule has 0 atom stereocenters. The van der Waals surface area contributed by atoms with Crippen LogP contribution in [0.2, 0.25) is 0 Å². The number of ether oxygens (including phenoxy) is 1. The Labute approximate surface area is 355 Å². The third-order valence-corrected chi connectivity index (χ3v) is 11.5. The molecule has 316 valence electrons. The van der Waals surface area contributed by atoms with Crippen LogP contribution < -0.4 is 4.74 Å². The summed E-state index contributed by atoms with van der Waals surface area (Å²) in [6.07, 6.45) is 39.8. The van der Waals surface area contributed by atoms with Crippen molar-refractivity contribution in [1.82, 2.24) is 0 Å². The SMILES string of the molecule is CC1=C(/C=C/C(C)=C/C=C/C(C)=C/C=C/C=C(C)/C=C/C=C(C)/C=C/C2=C(C)CCCC2(C)C)C(C)(C)CCC1.Cc1ccc(C)c(OCCCC(C)(C)C(=O)O)c1. The smallest absolute Gasteiger partial charge is 0.309 e. The van der Waals surface area contributed by atoms with Crippen molar-refractivity contribution in [3.63, 3.8) is 0 Å². The molecule has 3 nitrogen and oxygen atoms in total. The summed E-state index contributed by atoms with van der Waals surface area (Å²) in [5, 5.41) is 9.00. The van der Waals surface area contributed by atoms with Gasteiger partial charge in [-0.05, 0) is 160 Å². The molecule has 1 N–H and O–H groups in total. The molecular weight excluding hydrogens is 709 g/mol. The van der Waals surface area contributed by atoms with E-state index in [0.717, 1.165) is 17.7 Å². The second-order valence-electron chi connectivity index (χ2n) is 18.7. The lowest BCUT2D eigenvalue weighted by Crippen LogP contribution is -2.24. The van der Waals surface area contributed by atoms with E-state index in [1.54, 1.807) is 25.0 Å². The Morgan fingerprint density at radius 1 is 0.690 bits per heavy atom. The number of carboxylic acid groups (broad SMARTS) is 1. The number of benzene rings is 1. The topological polar surface area (TPSA) is 46.5 Å². The highest BCUT2D eigenvalue weighted by Gasteiger charge is 2.28. The summed E-state index contributed by atoms with van der Waals surface area (Å²) < 4.78 is 5.70. The van der Waals surface area contributed by atoms with Crippen LogP contribution in [0.4, 0.5) is 0 Å². The molecule has 1 aromatic rings. The molecule has 0 aromatic heterocycles. The predicted octanol–water partition coefficient (Wildman–Crippen LogP) is 16.2. The van der Waals surface area contributed by atoms with Crippen LogP contribution in [0.1, 0.15) is 146 Å². The molecule has 0 amide bonds. The van der Waals surface area contributed by atoms with Crippen molar-refractivity contribution < 1.29 is 14.6 Å². The fourth-order valence-electron chi connectivity index (χ4n) is 7.46. The molecule has 2 aliphatic carbocycles. The highest BCUT2D eigenvalue weighted by atomic mass is 16.5. The molecule has 3 rings (SSSR count). The highest BCUT2D eigenvalue weighted by Crippen LogP contribution is 2.42. The number of allylic oxidation sites excluding steroid dienone is 22. The van der Waals surface area contributed by atoms with Gasteiger partial charge in [0.25, 0.3) is 0 Å². The molecule has 0 heterocycles. The van der Waals surface area contributed by atoms with Gasteiger partial charge in [-0.15, -0.1) is 0 Å². The molecule has 2 aliphatic rings. The van der Waals surface area contributed by atoms with Gasteiger partial charge >= 0.3 is 5.97 Å². The zero-order valence-electron chi connectivity index (χ0n) is 38.9. The summed E-state index contributed by atoms with van der Waals surface area (Å²) in [6.45, 7) is 30.8. The highest BCUT2D eigenvalue weighted by molar-refractivity contribution is 5.73. The summed E-state index contributed by atoms with van der Waals surface area (Å²) in [5.74, 6) is 0.136. The van der Waals surface area contributed by atoms with E-state index >= 15 is 0 Å². The Hall–Kier alpha value is -4.37. The number of carboxylic acids is 1. The minimum Gasteiger partial charge on any atom is -0.493 e. The van der Waals surface area contributed by atoms with E-state index in [-0.39, 0.29) is 0 Å². The normalized spacial score (nSPS) is 18.7. The Balaban J connectivity index is 0.000000536. The number of carbonyl (C=O) groups is 1. The first-order valence-corrected chi connectivity index (χ1v) is 21.6.